The van der Waals surface area contributed by atoms with E-state index in [0.29, 0.717) is 5.57 Å². The van der Waals surface area contributed by atoms with Crippen molar-refractivity contribution in [1.29, 1.82) is 0 Å². The molecule has 0 fully saturated rings. The van der Waals surface area contributed by atoms with Gasteiger partial charge in [0.1, 0.15) is 6.61 Å². The third-order valence-corrected chi connectivity index (χ3v) is 2.28. The third kappa shape index (κ3) is 2.62. The molecule has 0 aliphatic carbocycles. The summed E-state index contributed by atoms with van der Waals surface area (Å²) >= 11 is 0. The summed E-state index contributed by atoms with van der Waals surface area (Å²) in [5.74, 6) is -0.411. The van der Waals surface area contributed by atoms with Crippen molar-refractivity contribution < 1.29 is 19.1 Å². The SMILES string of the molecule is C=CCOC(=O)N1CC(C(=O)OC)=C[C@@H]1C. The van der Waals surface area contributed by atoms with Crippen molar-refractivity contribution in [2.24, 2.45) is 0 Å². The number of rotatable bonds is 3. The Balaban J connectivity index is 2.59. The molecule has 0 unspecified atom stereocenters. The summed E-state index contributed by atoms with van der Waals surface area (Å²) in [4.78, 5) is 24.3. The Morgan fingerprint density at radius 2 is 2.38 bits per heavy atom. The number of carbonyl (C=O) groups excluding carboxylic acids is 2. The first-order valence-corrected chi connectivity index (χ1v) is 4.93. The van der Waals surface area contributed by atoms with E-state index in [2.05, 4.69) is 11.3 Å². The van der Waals surface area contributed by atoms with E-state index < -0.39 is 12.1 Å². The molecule has 0 radical (unpaired) electrons. The molecular formula is C11H15NO4. The van der Waals surface area contributed by atoms with Crippen LogP contribution in [-0.4, -0.2) is 43.3 Å². The summed E-state index contributed by atoms with van der Waals surface area (Å²) in [5, 5.41) is 0. The lowest BCUT2D eigenvalue weighted by atomic mass is 10.2. The molecule has 0 aromatic heterocycles. The summed E-state index contributed by atoms with van der Waals surface area (Å²) in [6.45, 7) is 5.65. The summed E-state index contributed by atoms with van der Waals surface area (Å²) in [5.41, 5.74) is 0.477. The second-order valence-electron chi connectivity index (χ2n) is 3.42. The highest BCUT2D eigenvalue weighted by Gasteiger charge is 2.30. The molecule has 0 spiro atoms. The zero-order valence-electron chi connectivity index (χ0n) is 9.43. The maximum absolute atomic E-state index is 11.5. The summed E-state index contributed by atoms with van der Waals surface area (Å²) in [6.07, 6.45) is 2.73. The molecule has 1 aliphatic heterocycles. The minimum absolute atomic E-state index is 0.161. The molecule has 1 atom stereocenters. The van der Waals surface area contributed by atoms with Crippen LogP contribution in [-0.2, 0) is 14.3 Å². The topological polar surface area (TPSA) is 55.8 Å². The molecule has 0 saturated carbocycles. The average Bonchev–Trinajstić information content (AvgIpc) is 2.67. The van der Waals surface area contributed by atoms with Crippen molar-refractivity contribution in [3.05, 3.63) is 24.3 Å². The number of hydrogen-bond acceptors (Lipinski definition) is 4. The van der Waals surface area contributed by atoms with Crippen molar-refractivity contribution in [2.75, 3.05) is 20.3 Å². The fourth-order valence-corrected chi connectivity index (χ4v) is 1.47. The van der Waals surface area contributed by atoms with Crippen LogP contribution in [0.5, 0.6) is 0 Å². The third-order valence-electron chi connectivity index (χ3n) is 2.28. The summed E-state index contributed by atoms with van der Waals surface area (Å²) in [6, 6.07) is -0.161. The molecule has 16 heavy (non-hydrogen) atoms. The maximum Gasteiger partial charge on any atom is 0.410 e. The molecule has 0 aromatic rings. The molecule has 1 rings (SSSR count). The lowest BCUT2D eigenvalue weighted by molar-refractivity contribution is -0.136. The van der Waals surface area contributed by atoms with Crippen LogP contribution >= 0.6 is 0 Å². The maximum atomic E-state index is 11.5. The van der Waals surface area contributed by atoms with Crippen molar-refractivity contribution in [3.8, 4) is 0 Å². The van der Waals surface area contributed by atoms with E-state index in [1.165, 1.54) is 18.1 Å². The monoisotopic (exact) mass is 225 g/mol. The number of amides is 1. The first-order valence-electron chi connectivity index (χ1n) is 4.93. The number of methoxy groups -OCH3 is 1. The second-order valence-corrected chi connectivity index (χ2v) is 3.42. The van der Waals surface area contributed by atoms with E-state index >= 15 is 0 Å². The molecule has 0 bridgehead atoms. The fraction of sp³-hybridized carbons (Fsp3) is 0.455. The first kappa shape index (κ1) is 12.3. The van der Waals surface area contributed by atoms with Crippen molar-refractivity contribution in [1.82, 2.24) is 4.90 Å². The van der Waals surface area contributed by atoms with Gasteiger partial charge in [0, 0.05) is 0 Å². The highest BCUT2D eigenvalue weighted by atomic mass is 16.6. The summed E-state index contributed by atoms with van der Waals surface area (Å²) in [7, 11) is 1.31. The molecule has 0 N–H and O–H groups in total. The molecule has 0 aromatic carbocycles. The van der Waals surface area contributed by atoms with Gasteiger partial charge >= 0.3 is 12.1 Å². The highest BCUT2D eigenvalue weighted by Crippen LogP contribution is 2.18. The van der Waals surface area contributed by atoms with Gasteiger partial charge in [0.25, 0.3) is 0 Å². The van der Waals surface area contributed by atoms with Crippen LogP contribution in [0.3, 0.4) is 0 Å². The van der Waals surface area contributed by atoms with Gasteiger partial charge in [-0.1, -0.05) is 12.7 Å². The lowest BCUT2D eigenvalue weighted by Gasteiger charge is -2.20. The van der Waals surface area contributed by atoms with Gasteiger partial charge in [-0.15, -0.1) is 0 Å². The average molecular weight is 225 g/mol. The van der Waals surface area contributed by atoms with Gasteiger partial charge in [-0.2, -0.15) is 0 Å². The zero-order valence-corrected chi connectivity index (χ0v) is 9.43. The van der Waals surface area contributed by atoms with Gasteiger partial charge in [0.05, 0.1) is 25.3 Å². The van der Waals surface area contributed by atoms with Crippen LogP contribution in [0, 0.1) is 0 Å². The highest BCUT2D eigenvalue weighted by molar-refractivity contribution is 5.90. The van der Waals surface area contributed by atoms with E-state index in [9.17, 15) is 9.59 Å². The van der Waals surface area contributed by atoms with Crippen molar-refractivity contribution in [2.45, 2.75) is 13.0 Å². The van der Waals surface area contributed by atoms with Gasteiger partial charge in [-0.05, 0) is 13.0 Å². The number of esters is 1. The Morgan fingerprint density at radius 3 is 2.94 bits per heavy atom. The van der Waals surface area contributed by atoms with E-state index in [4.69, 9.17) is 4.74 Å². The Bertz CT molecular complexity index is 335. The van der Waals surface area contributed by atoms with Crippen LogP contribution in [0.25, 0.3) is 0 Å². The molecule has 1 aliphatic rings. The fourth-order valence-electron chi connectivity index (χ4n) is 1.47. The number of nitrogens with zero attached hydrogens (tertiary/aromatic N) is 1. The van der Waals surface area contributed by atoms with E-state index in [1.54, 1.807) is 6.08 Å². The van der Waals surface area contributed by atoms with Crippen LogP contribution in [0.15, 0.2) is 24.3 Å². The van der Waals surface area contributed by atoms with Crippen LogP contribution in [0.4, 0.5) is 4.79 Å². The molecule has 1 amide bonds. The molecule has 1 heterocycles. The quantitative estimate of drug-likeness (QED) is 0.533. The minimum Gasteiger partial charge on any atom is -0.466 e. The molecule has 88 valence electrons. The Labute approximate surface area is 94.3 Å². The van der Waals surface area contributed by atoms with E-state index in [1.807, 2.05) is 6.92 Å². The van der Waals surface area contributed by atoms with Gasteiger partial charge in [0.2, 0.25) is 0 Å². The standard InChI is InChI=1S/C11H15NO4/c1-4-5-16-11(14)12-7-9(6-8(12)2)10(13)15-3/h4,6,8H,1,5,7H2,2-3H3/t8-/m0/s1. The molecule has 5 heteroatoms. The number of hydrogen-bond donors (Lipinski definition) is 0. The Kier molecular flexibility index (Phi) is 4.10. The second kappa shape index (κ2) is 5.34. The molecular weight excluding hydrogens is 210 g/mol. The van der Waals surface area contributed by atoms with Crippen LogP contribution in [0.2, 0.25) is 0 Å². The predicted octanol–water partition coefficient (Wildman–Crippen LogP) is 1.11. The lowest BCUT2D eigenvalue weighted by Crippen LogP contribution is -2.35. The van der Waals surface area contributed by atoms with Gasteiger partial charge in [-0.3, -0.25) is 4.90 Å². The first-order chi connectivity index (χ1) is 7.60. The van der Waals surface area contributed by atoms with E-state index in [0.717, 1.165) is 0 Å². The van der Waals surface area contributed by atoms with Gasteiger partial charge < -0.3 is 9.47 Å². The van der Waals surface area contributed by atoms with Crippen molar-refractivity contribution >= 4 is 12.1 Å². The predicted molar refractivity (Wildman–Crippen MR) is 57.8 cm³/mol. The van der Waals surface area contributed by atoms with Crippen molar-refractivity contribution in [3.63, 3.8) is 0 Å². The van der Waals surface area contributed by atoms with Gasteiger partial charge in [-0.25, -0.2) is 9.59 Å². The number of carbonyl (C=O) groups is 2. The smallest absolute Gasteiger partial charge is 0.410 e. The van der Waals surface area contributed by atoms with Crippen LogP contribution < -0.4 is 0 Å². The Morgan fingerprint density at radius 1 is 1.69 bits per heavy atom. The minimum atomic E-state index is -0.456. The zero-order chi connectivity index (χ0) is 12.1. The van der Waals surface area contributed by atoms with Gasteiger partial charge in [0.15, 0.2) is 0 Å². The molecule has 5 nitrogen and oxygen atoms in total. The van der Waals surface area contributed by atoms with Crippen LogP contribution in [0.1, 0.15) is 6.92 Å². The number of ether oxygens (including phenoxy) is 2. The Hall–Kier alpha value is -1.78. The van der Waals surface area contributed by atoms with E-state index in [-0.39, 0.29) is 19.2 Å². The largest absolute Gasteiger partial charge is 0.466 e. The summed E-state index contributed by atoms with van der Waals surface area (Å²) < 4.78 is 9.48. The molecule has 0 saturated heterocycles. The normalized spacial score (nSPS) is 19.0.